The molecule has 1 aromatic heterocycles. The molecular formula is C21H24N4O. The minimum atomic E-state index is 0.156. The summed E-state index contributed by atoms with van der Waals surface area (Å²) in [6.45, 7) is 8.04. The Morgan fingerprint density at radius 2 is 1.62 bits per heavy atom. The maximum absolute atomic E-state index is 5.67. The van der Waals surface area contributed by atoms with Crippen LogP contribution in [0.25, 0.3) is 0 Å². The first-order valence-corrected chi connectivity index (χ1v) is 8.72. The summed E-state index contributed by atoms with van der Waals surface area (Å²) in [6.07, 6.45) is 0.156. The number of nitrogens with one attached hydrogen (secondary N) is 2. The first-order chi connectivity index (χ1) is 12.5. The van der Waals surface area contributed by atoms with Gasteiger partial charge in [0.15, 0.2) is 0 Å². The Morgan fingerprint density at radius 1 is 0.885 bits per heavy atom. The molecular weight excluding hydrogens is 324 g/mol. The summed E-state index contributed by atoms with van der Waals surface area (Å²) < 4.78 is 5.67. The molecule has 0 unspecified atom stereocenters. The predicted octanol–water partition coefficient (Wildman–Crippen LogP) is 5.37. The van der Waals surface area contributed by atoms with E-state index in [4.69, 9.17) is 4.74 Å². The van der Waals surface area contributed by atoms with Crippen LogP contribution in [0.5, 0.6) is 5.75 Å². The van der Waals surface area contributed by atoms with Crippen molar-refractivity contribution in [2.75, 3.05) is 10.6 Å². The van der Waals surface area contributed by atoms with Gasteiger partial charge in [-0.25, -0.2) is 4.98 Å². The second-order valence-corrected chi connectivity index (χ2v) is 6.47. The molecule has 0 aliphatic rings. The number of aromatic nitrogens is 2. The van der Waals surface area contributed by atoms with Crippen LogP contribution in [0.3, 0.4) is 0 Å². The Balaban J connectivity index is 1.76. The average Bonchev–Trinajstić information content (AvgIpc) is 2.58. The molecule has 0 saturated carbocycles. The smallest absolute Gasteiger partial charge is 0.229 e. The monoisotopic (exact) mass is 348 g/mol. The van der Waals surface area contributed by atoms with E-state index in [0.29, 0.717) is 5.95 Å². The van der Waals surface area contributed by atoms with Gasteiger partial charge >= 0.3 is 0 Å². The van der Waals surface area contributed by atoms with Gasteiger partial charge < -0.3 is 15.4 Å². The van der Waals surface area contributed by atoms with E-state index in [2.05, 4.69) is 33.6 Å². The van der Waals surface area contributed by atoms with Crippen molar-refractivity contribution in [3.05, 3.63) is 65.9 Å². The van der Waals surface area contributed by atoms with E-state index in [1.54, 1.807) is 0 Å². The maximum atomic E-state index is 5.67. The molecule has 0 atom stereocenters. The Bertz CT molecular complexity index is 875. The molecule has 0 aliphatic carbocycles. The molecule has 2 aromatic carbocycles. The summed E-state index contributed by atoms with van der Waals surface area (Å²) >= 11 is 0. The van der Waals surface area contributed by atoms with Gasteiger partial charge in [-0.1, -0.05) is 18.2 Å². The number of ether oxygens (including phenoxy) is 1. The van der Waals surface area contributed by atoms with Crippen LogP contribution in [0, 0.1) is 13.8 Å². The van der Waals surface area contributed by atoms with Crippen molar-refractivity contribution in [2.24, 2.45) is 0 Å². The van der Waals surface area contributed by atoms with Crippen LogP contribution in [0.4, 0.5) is 23.1 Å². The van der Waals surface area contributed by atoms with Crippen molar-refractivity contribution in [3.63, 3.8) is 0 Å². The molecule has 0 amide bonds. The molecule has 5 nitrogen and oxygen atoms in total. The number of para-hydroxylation sites is 1. The molecule has 0 fully saturated rings. The van der Waals surface area contributed by atoms with Crippen molar-refractivity contribution in [3.8, 4) is 5.75 Å². The lowest BCUT2D eigenvalue weighted by Gasteiger charge is -2.12. The molecule has 3 aromatic rings. The molecule has 26 heavy (non-hydrogen) atoms. The first kappa shape index (κ1) is 17.7. The second-order valence-electron chi connectivity index (χ2n) is 6.47. The second kappa shape index (κ2) is 7.87. The third-order valence-electron chi connectivity index (χ3n) is 3.74. The van der Waals surface area contributed by atoms with Gasteiger partial charge in [-0.3, -0.25) is 0 Å². The van der Waals surface area contributed by atoms with E-state index in [9.17, 15) is 0 Å². The molecule has 0 bridgehead atoms. The fourth-order valence-corrected chi connectivity index (χ4v) is 2.56. The number of nitrogens with zero attached hydrogens (tertiary/aromatic N) is 2. The summed E-state index contributed by atoms with van der Waals surface area (Å²) in [4.78, 5) is 9.04. The van der Waals surface area contributed by atoms with Gasteiger partial charge in [0.2, 0.25) is 5.95 Å². The molecule has 0 saturated heterocycles. The van der Waals surface area contributed by atoms with Gasteiger partial charge in [0.1, 0.15) is 11.6 Å². The lowest BCUT2D eigenvalue weighted by atomic mass is 10.2. The molecule has 3 rings (SSSR count). The molecule has 5 heteroatoms. The van der Waals surface area contributed by atoms with Crippen molar-refractivity contribution in [1.82, 2.24) is 9.97 Å². The van der Waals surface area contributed by atoms with E-state index >= 15 is 0 Å². The van der Waals surface area contributed by atoms with Gasteiger partial charge in [0.05, 0.1) is 6.10 Å². The summed E-state index contributed by atoms with van der Waals surface area (Å²) in [7, 11) is 0. The van der Waals surface area contributed by atoms with Gasteiger partial charge in [-0.2, -0.15) is 4.98 Å². The molecule has 2 N–H and O–H groups in total. The van der Waals surface area contributed by atoms with Gasteiger partial charge in [-0.15, -0.1) is 0 Å². The minimum absolute atomic E-state index is 0.156. The largest absolute Gasteiger partial charge is 0.491 e. The van der Waals surface area contributed by atoms with Crippen LogP contribution in [-0.4, -0.2) is 16.1 Å². The number of hydrogen-bond acceptors (Lipinski definition) is 5. The van der Waals surface area contributed by atoms with Gasteiger partial charge in [0.25, 0.3) is 0 Å². The van der Waals surface area contributed by atoms with Crippen molar-refractivity contribution >= 4 is 23.1 Å². The SMILES string of the molecule is Cc1cc(Nc2ccccc2C)nc(Nc2ccc(OC(C)C)cc2)n1. The molecule has 0 aliphatic heterocycles. The highest BCUT2D eigenvalue weighted by atomic mass is 16.5. The number of aryl methyl sites for hydroxylation is 2. The quantitative estimate of drug-likeness (QED) is 0.627. The Kier molecular flexibility index (Phi) is 5.37. The number of rotatable bonds is 6. The standard InChI is InChI=1S/C21H24N4O/c1-14(2)26-18-11-9-17(10-12-18)23-21-22-16(4)13-20(25-21)24-19-8-6-5-7-15(19)3/h5-14H,1-4H3,(H2,22,23,24,25). The zero-order valence-electron chi connectivity index (χ0n) is 15.6. The van der Waals surface area contributed by atoms with Crippen molar-refractivity contribution in [1.29, 1.82) is 0 Å². The van der Waals surface area contributed by atoms with E-state index < -0.39 is 0 Å². The lowest BCUT2D eigenvalue weighted by Crippen LogP contribution is -2.05. The zero-order chi connectivity index (χ0) is 18.5. The zero-order valence-corrected chi connectivity index (χ0v) is 15.6. The number of benzene rings is 2. The van der Waals surface area contributed by atoms with Gasteiger partial charge in [-0.05, 0) is 63.6 Å². The predicted molar refractivity (Wildman–Crippen MR) is 107 cm³/mol. The summed E-state index contributed by atoms with van der Waals surface area (Å²) in [6, 6.07) is 17.8. The molecule has 1 heterocycles. The summed E-state index contributed by atoms with van der Waals surface area (Å²) in [5.74, 6) is 2.16. The third-order valence-corrected chi connectivity index (χ3v) is 3.74. The lowest BCUT2D eigenvalue weighted by molar-refractivity contribution is 0.242. The van der Waals surface area contributed by atoms with Crippen LogP contribution < -0.4 is 15.4 Å². The summed E-state index contributed by atoms with van der Waals surface area (Å²) in [5, 5.41) is 6.61. The van der Waals surface area contributed by atoms with Crippen LogP contribution in [0.2, 0.25) is 0 Å². The summed E-state index contributed by atoms with van der Waals surface area (Å²) in [5.41, 5.74) is 4.00. The molecule has 0 spiro atoms. The van der Waals surface area contributed by atoms with Crippen LogP contribution in [0.15, 0.2) is 54.6 Å². The molecule has 134 valence electrons. The number of anilines is 4. The third kappa shape index (κ3) is 4.72. The normalized spacial score (nSPS) is 10.7. The van der Waals surface area contributed by atoms with Crippen LogP contribution in [-0.2, 0) is 0 Å². The fraction of sp³-hybridized carbons (Fsp3) is 0.238. The van der Waals surface area contributed by atoms with Gasteiger partial charge in [0, 0.05) is 23.1 Å². The highest BCUT2D eigenvalue weighted by Gasteiger charge is 2.05. The highest BCUT2D eigenvalue weighted by molar-refractivity contribution is 5.62. The Labute approximate surface area is 154 Å². The Morgan fingerprint density at radius 3 is 2.31 bits per heavy atom. The van der Waals surface area contributed by atoms with E-state index in [0.717, 1.165) is 28.6 Å². The Hall–Kier alpha value is -3.08. The van der Waals surface area contributed by atoms with E-state index in [1.165, 1.54) is 5.56 Å². The van der Waals surface area contributed by atoms with E-state index in [-0.39, 0.29) is 6.10 Å². The van der Waals surface area contributed by atoms with E-state index in [1.807, 2.05) is 69.3 Å². The average molecular weight is 348 g/mol. The number of hydrogen-bond donors (Lipinski definition) is 2. The minimum Gasteiger partial charge on any atom is -0.491 e. The van der Waals surface area contributed by atoms with Crippen molar-refractivity contribution in [2.45, 2.75) is 33.8 Å². The highest BCUT2D eigenvalue weighted by Crippen LogP contribution is 2.22. The first-order valence-electron chi connectivity index (χ1n) is 8.72. The van der Waals surface area contributed by atoms with Crippen LogP contribution in [0.1, 0.15) is 25.1 Å². The van der Waals surface area contributed by atoms with Crippen molar-refractivity contribution < 1.29 is 4.74 Å². The maximum Gasteiger partial charge on any atom is 0.229 e. The van der Waals surface area contributed by atoms with Crippen LogP contribution >= 0.6 is 0 Å². The fourth-order valence-electron chi connectivity index (χ4n) is 2.56. The topological polar surface area (TPSA) is 59.1 Å². The molecule has 0 radical (unpaired) electrons.